The van der Waals surface area contributed by atoms with Crippen LogP contribution in [-0.2, 0) is 6.42 Å². The summed E-state index contributed by atoms with van der Waals surface area (Å²) in [7, 11) is 0. The van der Waals surface area contributed by atoms with Crippen LogP contribution in [0.4, 0.5) is 0 Å². The summed E-state index contributed by atoms with van der Waals surface area (Å²) in [6.45, 7) is 12.0. The molecule has 3 unspecified atom stereocenters. The molecule has 1 aromatic heterocycles. The van der Waals surface area contributed by atoms with E-state index < -0.39 is 0 Å². The predicted molar refractivity (Wildman–Crippen MR) is 127 cm³/mol. The Hall–Kier alpha value is -2.34. The van der Waals surface area contributed by atoms with Crippen molar-refractivity contribution in [2.24, 2.45) is 16.8 Å². The van der Waals surface area contributed by atoms with Gasteiger partial charge >= 0.3 is 0 Å². The highest BCUT2D eigenvalue weighted by molar-refractivity contribution is 5.80. The number of hydrogen-bond donors (Lipinski definition) is 1. The molecule has 0 spiro atoms. The number of hydrogen-bond acceptors (Lipinski definition) is 3. The molecule has 6 heteroatoms. The molecule has 2 saturated heterocycles. The summed E-state index contributed by atoms with van der Waals surface area (Å²) in [6.07, 6.45) is 9.51. The maximum Gasteiger partial charge on any atom is 0.193 e. The van der Waals surface area contributed by atoms with Gasteiger partial charge in [-0.1, -0.05) is 37.3 Å². The smallest absolute Gasteiger partial charge is 0.193 e. The first-order valence-electron chi connectivity index (χ1n) is 12.0. The third kappa shape index (κ3) is 5.88. The zero-order valence-electron chi connectivity index (χ0n) is 19.2. The highest BCUT2D eigenvalue weighted by Crippen LogP contribution is 2.27. The summed E-state index contributed by atoms with van der Waals surface area (Å²) in [5, 5.41) is 3.55. The van der Waals surface area contributed by atoms with Crippen LogP contribution >= 0.6 is 0 Å². The normalized spacial score (nSPS) is 25.2. The number of guanidine groups is 1. The minimum absolute atomic E-state index is 0.458. The highest BCUT2D eigenvalue weighted by Gasteiger charge is 2.29. The SMILES string of the molecule is CCNC(=NCC1CCN(CCc2ccccc2)C1)N1CCC(C)C(n2ccnc2)C1. The van der Waals surface area contributed by atoms with Gasteiger partial charge < -0.3 is 19.7 Å². The van der Waals surface area contributed by atoms with E-state index in [1.165, 1.54) is 31.5 Å². The molecule has 2 aliphatic heterocycles. The van der Waals surface area contributed by atoms with Gasteiger partial charge in [0.2, 0.25) is 0 Å². The number of nitrogens with one attached hydrogen (secondary N) is 1. The van der Waals surface area contributed by atoms with Gasteiger partial charge in [0.05, 0.1) is 12.4 Å². The second kappa shape index (κ2) is 10.8. The monoisotopic (exact) mass is 422 g/mol. The van der Waals surface area contributed by atoms with E-state index in [0.29, 0.717) is 17.9 Å². The van der Waals surface area contributed by atoms with Gasteiger partial charge in [0, 0.05) is 51.7 Å². The van der Waals surface area contributed by atoms with Crippen molar-refractivity contribution in [3.05, 3.63) is 54.6 Å². The van der Waals surface area contributed by atoms with Crippen molar-refractivity contribution >= 4 is 5.96 Å². The van der Waals surface area contributed by atoms with Gasteiger partial charge in [0.1, 0.15) is 0 Å². The Kier molecular flexibility index (Phi) is 7.62. The lowest BCUT2D eigenvalue weighted by Crippen LogP contribution is -2.49. The summed E-state index contributed by atoms with van der Waals surface area (Å²) in [6, 6.07) is 11.3. The Morgan fingerprint density at radius 2 is 2.03 bits per heavy atom. The third-order valence-electron chi connectivity index (χ3n) is 6.89. The molecule has 31 heavy (non-hydrogen) atoms. The first-order chi connectivity index (χ1) is 15.2. The van der Waals surface area contributed by atoms with E-state index in [2.05, 4.69) is 75.0 Å². The molecule has 2 aliphatic rings. The van der Waals surface area contributed by atoms with Crippen LogP contribution in [-0.4, -0.2) is 71.1 Å². The average Bonchev–Trinajstić information content (AvgIpc) is 3.49. The van der Waals surface area contributed by atoms with E-state index in [1.54, 1.807) is 0 Å². The van der Waals surface area contributed by atoms with Crippen molar-refractivity contribution in [1.82, 2.24) is 24.7 Å². The lowest BCUT2D eigenvalue weighted by atomic mass is 9.93. The van der Waals surface area contributed by atoms with Crippen molar-refractivity contribution in [3.8, 4) is 0 Å². The van der Waals surface area contributed by atoms with Crippen LogP contribution < -0.4 is 5.32 Å². The molecule has 0 aliphatic carbocycles. The number of piperidine rings is 1. The molecule has 3 heterocycles. The van der Waals surface area contributed by atoms with E-state index in [4.69, 9.17) is 4.99 Å². The fourth-order valence-electron chi connectivity index (χ4n) is 4.93. The first kappa shape index (κ1) is 21.9. The van der Waals surface area contributed by atoms with Crippen LogP contribution in [0, 0.1) is 11.8 Å². The Bertz CT molecular complexity index is 803. The molecule has 1 N–H and O–H groups in total. The molecule has 2 fully saturated rings. The lowest BCUT2D eigenvalue weighted by molar-refractivity contribution is 0.189. The number of nitrogens with zero attached hydrogens (tertiary/aromatic N) is 5. The van der Waals surface area contributed by atoms with Crippen LogP contribution in [0.25, 0.3) is 0 Å². The number of likely N-dealkylation sites (tertiary alicyclic amines) is 2. The Morgan fingerprint density at radius 3 is 2.81 bits per heavy atom. The largest absolute Gasteiger partial charge is 0.357 e. The number of rotatable bonds is 7. The maximum absolute atomic E-state index is 5.09. The van der Waals surface area contributed by atoms with Crippen LogP contribution in [0.2, 0.25) is 0 Å². The van der Waals surface area contributed by atoms with Gasteiger partial charge in [-0.3, -0.25) is 4.99 Å². The second-order valence-corrected chi connectivity index (χ2v) is 9.17. The Balaban J connectivity index is 1.30. The zero-order chi connectivity index (χ0) is 21.5. The molecule has 6 nitrogen and oxygen atoms in total. The van der Waals surface area contributed by atoms with Gasteiger partial charge in [0.25, 0.3) is 0 Å². The van der Waals surface area contributed by atoms with Gasteiger partial charge in [0.15, 0.2) is 5.96 Å². The fourth-order valence-corrected chi connectivity index (χ4v) is 4.93. The summed E-state index contributed by atoms with van der Waals surface area (Å²) < 4.78 is 2.27. The molecule has 168 valence electrons. The second-order valence-electron chi connectivity index (χ2n) is 9.17. The molecule has 0 bridgehead atoms. The molecule has 1 aromatic carbocycles. The van der Waals surface area contributed by atoms with Gasteiger partial charge in [-0.15, -0.1) is 0 Å². The molecule has 3 atom stereocenters. The number of aliphatic imine (C=N–C) groups is 1. The van der Waals surface area contributed by atoms with E-state index in [-0.39, 0.29) is 0 Å². The molecule has 0 saturated carbocycles. The lowest BCUT2D eigenvalue weighted by Gasteiger charge is -2.39. The van der Waals surface area contributed by atoms with Crippen molar-refractivity contribution in [2.45, 2.75) is 39.2 Å². The van der Waals surface area contributed by atoms with Gasteiger partial charge in [-0.05, 0) is 50.1 Å². The minimum atomic E-state index is 0.458. The molecule has 0 amide bonds. The zero-order valence-corrected chi connectivity index (χ0v) is 19.2. The molecular weight excluding hydrogens is 384 g/mol. The quantitative estimate of drug-likeness (QED) is 0.549. The molecule has 0 radical (unpaired) electrons. The average molecular weight is 423 g/mol. The number of benzene rings is 1. The van der Waals surface area contributed by atoms with Crippen LogP contribution in [0.1, 0.15) is 38.3 Å². The van der Waals surface area contributed by atoms with Crippen LogP contribution in [0.3, 0.4) is 0 Å². The van der Waals surface area contributed by atoms with Crippen LogP contribution in [0.5, 0.6) is 0 Å². The number of imidazole rings is 1. The highest BCUT2D eigenvalue weighted by atomic mass is 15.3. The fraction of sp³-hybridized carbons (Fsp3) is 0.600. The van der Waals surface area contributed by atoms with E-state index in [9.17, 15) is 0 Å². The summed E-state index contributed by atoms with van der Waals surface area (Å²) in [5.41, 5.74) is 1.44. The maximum atomic E-state index is 5.09. The Morgan fingerprint density at radius 1 is 1.16 bits per heavy atom. The summed E-state index contributed by atoms with van der Waals surface area (Å²) >= 11 is 0. The predicted octanol–water partition coefficient (Wildman–Crippen LogP) is 3.30. The topological polar surface area (TPSA) is 48.7 Å². The van der Waals surface area contributed by atoms with Gasteiger partial charge in [-0.25, -0.2) is 4.98 Å². The minimum Gasteiger partial charge on any atom is -0.357 e. The van der Waals surface area contributed by atoms with E-state index in [1.807, 2.05) is 12.5 Å². The van der Waals surface area contributed by atoms with Gasteiger partial charge in [-0.2, -0.15) is 0 Å². The first-order valence-corrected chi connectivity index (χ1v) is 12.0. The summed E-state index contributed by atoms with van der Waals surface area (Å²) in [5.74, 6) is 2.40. The van der Waals surface area contributed by atoms with Crippen molar-refractivity contribution in [2.75, 3.05) is 45.8 Å². The van der Waals surface area contributed by atoms with Crippen molar-refractivity contribution < 1.29 is 0 Å². The summed E-state index contributed by atoms with van der Waals surface area (Å²) in [4.78, 5) is 14.4. The van der Waals surface area contributed by atoms with E-state index >= 15 is 0 Å². The molecular formula is C25H38N6. The Labute approximate surface area is 187 Å². The molecule has 4 rings (SSSR count). The third-order valence-corrected chi connectivity index (χ3v) is 6.89. The van der Waals surface area contributed by atoms with E-state index in [0.717, 1.165) is 45.1 Å². The number of aromatic nitrogens is 2. The van der Waals surface area contributed by atoms with Crippen molar-refractivity contribution in [1.29, 1.82) is 0 Å². The van der Waals surface area contributed by atoms with Crippen molar-refractivity contribution in [3.63, 3.8) is 0 Å². The molecule has 2 aromatic rings. The standard InChI is InChI=1S/C25H38N6/c1-3-27-25(30-15-9-21(2)24(19-30)31-16-12-26-20-31)28-17-23-11-14-29(18-23)13-10-22-7-5-4-6-8-22/h4-8,12,16,20-21,23-24H,3,9-11,13-15,17-19H2,1-2H3,(H,27,28). The van der Waals surface area contributed by atoms with Crippen LogP contribution in [0.15, 0.2) is 54.0 Å².